The number of H-pyrrole nitrogens is 1. The standard InChI is InChI=1S/C29H28FN7O3/c1-29(2,3)37-16-26(27(36-37)19-6-4-5-18(13-19)17-38)34-28(39)33-23-8-7-20(14-22(23)30)40-21-9-11-31-25(15-21)24-10-12-32-35-24/h4-16,38H,17H2,1-3H3,(H,32,35)(H2,33,34,39). The fourth-order valence-corrected chi connectivity index (χ4v) is 3.93. The Balaban J connectivity index is 1.32. The van der Waals surface area contributed by atoms with Crippen LogP contribution < -0.4 is 15.4 Å². The van der Waals surface area contributed by atoms with E-state index in [4.69, 9.17) is 4.74 Å². The molecule has 0 saturated heterocycles. The highest BCUT2D eigenvalue weighted by Crippen LogP contribution is 2.31. The van der Waals surface area contributed by atoms with Crippen LogP contribution in [0.25, 0.3) is 22.6 Å². The zero-order chi connectivity index (χ0) is 28.3. The van der Waals surface area contributed by atoms with Crippen molar-refractivity contribution in [2.24, 2.45) is 0 Å². The monoisotopic (exact) mass is 541 g/mol. The lowest BCUT2D eigenvalue weighted by molar-refractivity contribution is 0.262. The number of benzene rings is 2. The fraction of sp³-hybridized carbons (Fsp3) is 0.172. The van der Waals surface area contributed by atoms with Gasteiger partial charge in [0.15, 0.2) is 0 Å². The van der Waals surface area contributed by atoms with Crippen LogP contribution in [-0.2, 0) is 12.1 Å². The van der Waals surface area contributed by atoms with Crippen LogP contribution in [0.1, 0.15) is 26.3 Å². The normalized spacial score (nSPS) is 11.3. The van der Waals surface area contributed by atoms with E-state index in [0.29, 0.717) is 34.1 Å². The van der Waals surface area contributed by atoms with E-state index in [2.05, 4.69) is 30.9 Å². The predicted octanol–water partition coefficient (Wildman–Crippen LogP) is 6.16. The highest BCUT2D eigenvalue weighted by atomic mass is 19.1. The van der Waals surface area contributed by atoms with E-state index in [1.807, 2.05) is 32.9 Å². The van der Waals surface area contributed by atoms with Gasteiger partial charge in [-0.15, -0.1) is 0 Å². The molecule has 4 N–H and O–H groups in total. The summed E-state index contributed by atoms with van der Waals surface area (Å²) >= 11 is 0. The minimum Gasteiger partial charge on any atom is -0.457 e. The summed E-state index contributed by atoms with van der Waals surface area (Å²) in [6.07, 6.45) is 4.99. The Labute approximate surface area is 229 Å². The zero-order valence-electron chi connectivity index (χ0n) is 22.1. The topological polar surface area (TPSA) is 130 Å². The molecule has 11 heteroatoms. The molecule has 0 aliphatic carbocycles. The molecule has 0 unspecified atom stereocenters. The van der Waals surface area contributed by atoms with Gasteiger partial charge in [-0.25, -0.2) is 9.18 Å². The first-order valence-corrected chi connectivity index (χ1v) is 12.5. The Hall–Kier alpha value is -5.03. The number of nitrogens with one attached hydrogen (secondary N) is 3. The average Bonchev–Trinajstić information content (AvgIpc) is 3.61. The molecule has 3 heterocycles. The van der Waals surface area contributed by atoms with Gasteiger partial charge >= 0.3 is 6.03 Å². The van der Waals surface area contributed by atoms with E-state index in [1.54, 1.807) is 59.7 Å². The summed E-state index contributed by atoms with van der Waals surface area (Å²) in [6, 6.07) is 15.9. The van der Waals surface area contributed by atoms with Gasteiger partial charge in [0.05, 0.1) is 29.2 Å². The van der Waals surface area contributed by atoms with Crippen molar-refractivity contribution in [1.82, 2.24) is 25.0 Å². The summed E-state index contributed by atoms with van der Waals surface area (Å²) in [6.45, 7) is 5.84. The van der Waals surface area contributed by atoms with Crippen LogP contribution in [-0.4, -0.2) is 36.1 Å². The Morgan fingerprint density at radius 2 is 1.82 bits per heavy atom. The first-order valence-electron chi connectivity index (χ1n) is 12.5. The molecule has 0 radical (unpaired) electrons. The average molecular weight is 542 g/mol. The van der Waals surface area contributed by atoms with E-state index < -0.39 is 11.8 Å². The third-order valence-corrected chi connectivity index (χ3v) is 5.95. The number of ether oxygens (including phenoxy) is 1. The summed E-state index contributed by atoms with van der Waals surface area (Å²) in [5, 5.41) is 26.4. The second-order valence-electron chi connectivity index (χ2n) is 10.0. The first kappa shape index (κ1) is 26.6. The molecule has 10 nitrogen and oxygen atoms in total. The summed E-state index contributed by atoms with van der Waals surface area (Å²) in [5.41, 5.74) is 3.28. The molecule has 0 bridgehead atoms. The Morgan fingerprint density at radius 1 is 1.02 bits per heavy atom. The van der Waals surface area contributed by atoms with Crippen molar-refractivity contribution in [3.63, 3.8) is 0 Å². The van der Waals surface area contributed by atoms with Crippen LogP contribution in [0.4, 0.5) is 20.6 Å². The molecule has 0 aliphatic heterocycles. The summed E-state index contributed by atoms with van der Waals surface area (Å²) in [4.78, 5) is 17.2. The number of amides is 2. The van der Waals surface area contributed by atoms with Crippen molar-refractivity contribution in [3.05, 3.63) is 90.6 Å². The van der Waals surface area contributed by atoms with Gasteiger partial charge in [0, 0.05) is 36.3 Å². The van der Waals surface area contributed by atoms with Gasteiger partial charge in [0.25, 0.3) is 0 Å². The number of halogens is 1. The van der Waals surface area contributed by atoms with Gasteiger partial charge in [-0.05, 0) is 56.7 Å². The third kappa shape index (κ3) is 6.00. The first-order chi connectivity index (χ1) is 19.2. The lowest BCUT2D eigenvalue weighted by Crippen LogP contribution is -2.22. The fourth-order valence-electron chi connectivity index (χ4n) is 3.93. The van der Waals surface area contributed by atoms with E-state index in [-0.39, 0.29) is 23.6 Å². The van der Waals surface area contributed by atoms with E-state index >= 15 is 0 Å². The number of rotatable bonds is 7. The molecule has 0 spiro atoms. The second kappa shape index (κ2) is 11.0. The van der Waals surface area contributed by atoms with Gasteiger partial charge in [-0.2, -0.15) is 10.2 Å². The van der Waals surface area contributed by atoms with E-state index in [0.717, 1.165) is 5.56 Å². The van der Waals surface area contributed by atoms with Gasteiger partial charge in [0.2, 0.25) is 0 Å². The van der Waals surface area contributed by atoms with Gasteiger partial charge in [0.1, 0.15) is 28.7 Å². The molecule has 0 saturated carbocycles. The van der Waals surface area contributed by atoms with Gasteiger partial charge < -0.3 is 20.5 Å². The van der Waals surface area contributed by atoms with Crippen LogP contribution in [0.5, 0.6) is 11.5 Å². The van der Waals surface area contributed by atoms with Crippen molar-refractivity contribution >= 4 is 17.4 Å². The number of aliphatic hydroxyl groups is 1. The molecule has 5 aromatic rings. The lowest BCUT2D eigenvalue weighted by atomic mass is 10.1. The number of hydrogen-bond donors (Lipinski definition) is 4. The molecule has 0 atom stereocenters. The number of aromatic nitrogens is 5. The summed E-state index contributed by atoms with van der Waals surface area (Å²) in [5.74, 6) is 0.0372. The molecule has 2 aromatic carbocycles. The minimum absolute atomic E-state index is 0.0242. The quantitative estimate of drug-likeness (QED) is 0.195. The van der Waals surface area contributed by atoms with Gasteiger partial charge in [-0.3, -0.25) is 14.8 Å². The van der Waals surface area contributed by atoms with Crippen LogP contribution in [0.2, 0.25) is 0 Å². The van der Waals surface area contributed by atoms with Crippen LogP contribution in [0, 0.1) is 5.82 Å². The maximum Gasteiger partial charge on any atom is 0.323 e. The van der Waals surface area contributed by atoms with Crippen molar-refractivity contribution in [2.45, 2.75) is 32.9 Å². The van der Waals surface area contributed by atoms with Crippen LogP contribution in [0.3, 0.4) is 0 Å². The maximum absolute atomic E-state index is 15.0. The molecular formula is C29H28FN7O3. The number of aliphatic hydroxyl groups excluding tert-OH is 1. The Bertz CT molecular complexity index is 1640. The van der Waals surface area contributed by atoms with Crippen molar-refractivity contribution < 1.29 is 19.0 Å². The largest absolute Gasteiger partial charge is 0.457 e. The zero-order valence-corrected chi connectivity index (χ0v) is 22.1. The predicted molar refractivity (Wildman–Crippen MR) is 150 cm³/mol. The van der Waals surface area contributed by atoms with Crippen LogP contribution >= 0.6 is 0 Å². The number of carbonyl (C=O) groups excluding carboxylic acids is 1. The highest BCUT2D eigenvalue weighted by Gasteiger charge is 2.21. The highest BCUT2D eigenvalue weighted by molar-refractivity contribution is 6.02. The maximum atomic E-state index is 15.0. The summed E-state index contributed by atoms with van der Waals surface area (Å²) < 4.78 is 22.5. The molecule has 204 valence electrons. The van der Waals surface area contributed by atoms with Crippen molar-refractivity contribution in [3.8, 4) is 34.1 Å². The molecular weight excluding hydrogens is 513 g/mol. The molecule has 0 aliphatic rings. The molecule has 5 rings (SSSR count). The number of hydrogen-bond acceptors (Lipinski definition) is 6. The number of anilines is 2. The minimum atomic E-state index is -0.671. The number of carbonyl (C=O) groups is 1. The molecule has 2 amide bonds. The van der Waals surface area contributed by atoms with E-state index in [1.165, 1.54) is 12.1 Å². The van der Waals surface area contributed by atoms with Crippen molar-refractivity contribution in [1.29, 1.82) is 0 Å². The summed E-state index contributed by atoms with van der Waals surface area (Å²) in [7, 11) is 0. The van der Waals surface area contributed by atoms with Gasteiger partial charge in [-0.1, -0.05) is 18.2 Å². The Kier molecular flexibility index (Phi) is 7.30. The number of urea groups is 1. The molecule has 0 fully saturated rings. The number of aromatic amines is 1. The lowest BCUT2D eigenvalue weighted by Gasteiger charge is -2.18. The smallest absolute Gasteiger partial charge is 0.323 e. The third-order valence-electron chi connectivity index (χ3n) is 5.95. The molecule has 3 aromatic heterocycles. The molecule has 40 heavy (non-hydrogen) atoms. The van der Waals surface area contributed by atoms with Crippen LogP contribution in [0.15, 0.2) is 79.3 Å². The Morgan fingerprint density at radius 3 is 2.55 bits per heavy atom. The van der Waals surface area contributed by atoms with E-state index in [9.17, 15) is 14.3 Å². The second-order valence-corrected chi connectivity index (χ2v) is 10.0. The van der Waals surface area contributed by atoms with Crippen molar-refractivity contribution in [2.75, 3.05) is 10.6 Å². The number of nitrogens with zero attached hydrogens (tertiary/aromatic N) is 4. The SMILES string of the molecule is CC(C)(C)n1cc(NC(=O)Nc2ccc(Oc3ccnc(-c4cc[nH]n4)c3)cc2F)c(-c2cccc(CO)c2)n1. The number of pyridine rings is 1.